The maximum atomic E-state index is 13.5. The number of carbonyl (C=O) groups is 2. The van der Waals surface area contributed by atoms with Crippen LogP contribution in [0.3, 0.4) is 0 Å². The van der Waals surface area contributed by atoms with Crippen LogP contribution in [0, 0.1) is 13.8 Å². The molecule has 0 bridgehead atoms. The third-order valence-corrected chi connectivity index (χ3v) is 7.08. The lowest BCUT2D eigenvalue weighted by molar-refractivity contribution is -0.131. The van der Waals surface area contributed by atoms with Crippen LogP contribution < -0.4 is 0 Å². The van der Waals surface area contributed by atoms with Crippen LogP contribution in [0.15, 0.2) is 36.4 Å². The number of carbonyl (C=O) groups excluding carboxylic acids is 2. The molecule has 0 N–H and O–H groups in total. The zero-order valence-electron chi connectivity index (χ0n) is 19.7. The van der Waals surface area contributed by atoms with E-state index in [0.717, 1.165) is 68.9 Å². The number of amides is 2. The Morgan fingerprint density at radius 2 is 1.56 bits per heavy atom. The summed E-state index contributed by atoms with van der Waals surface area (Å²) < 4.78 is 2.27. The molecule has 2 aliphatic rings. The van der Waals surface area contributed by atoms with Crippen molar-refractivity contribution < 1.29 is 9.59 Å². The van der Waals surface area contributed by atoms with E-state index in [-0.39, 0.29) is 17.9 Å². The minimum absolute atomic E-state index is 0.109. The third kappa shape index (κ3) is 4.75. The summed E-state index contributed by atoms with van der Waals surface area (Å²) in [6, 6.07) is 12.6. The van der Waals surface area contributed by atoms with Gasteiger partial charge in [-0.2, -0.15) is 0 Å². The quantitative estimate of drug-likeness (QED) is 0.721. The molecule has 0 aliphatic carbocycles. The van der Waals surface area contributed by atoms with Gasteiger partial charge in [-0.15, -0.1) is 0 Å². The lowest BCUT2D eigenvalue weighted by Gasteiger charge is -2.24. The number of nitrogens with zero attached hydrogens (tertiary/aromatic N) is 4. The summed E-state index contributed by atoms with van der Waals surface area (Å²) in [6.07, 6.45) is 3.14. The molecule has 2 aromatic rings. The van der Waals surface area contributed by atoms with Crippen molar-refractivity contribution >= 4 is 11.8 Å². The number of aromatic nitrogens is 1. The van der Waals surface area contributed by atoms with E-state index in [4.69, 9.17) is 0 Å². The fraction of sp³-hybridized carbons (Fsp3) is 0.538. The summed E-state index contributed by atoms with van der Waals surface area (Å²) in [5.74, 6) is 0.345. The molecular formula is C26H36N4O2. The molecule has 2 aliphatic heterocycles. The first-order chi connectivity index (χ1) is 15.5. The predicted molar refractivity (Wildman–Crippen MR) is 127 cm³/mol. The molecule has 4 rings (SSSR count). The van der Waals surface area contributed by atoms with Gasteiger partial charge in [0.2, 0.25) is 5.91 Å². The Morgan fingerprint density at radius 1 is 0.875 bits per heavy atom. The van der Waals surface area contributed by atoms with E-state index in [2.05, 4.69) is 54.5 Å². The number of aryl methyl sites for hydroxylation is 1. The average Bonchev–Trinajstić information content (AvgIpc) is 3.37. The second-order valence-corrected chi connectivity index (χ2v) is 9.25. The fourth-order valence-electron chi connectivity index (χ4n) is 5.23. The Hall–Kier alpha value is -2.60. The van der Waals surface area contributed by atoms with E-state index in [1.165, 1.54) is 5.56 Å². The van der Waals surface area contributed by atoms with Crippen LogP contribution in [0.2, 0.25) is 0 Å². The Labute approximate surface area is 191 Å². The van der Waals surface area contributed by atoms with Crippen molar-refractivity contribution in [2.24, 2.45) is 0 Å². The van der Waals surface area contributed by atoms with Gasteiger partial charge in [-0.25, -0.2) is 0 Å². The van der Waals surface area contributed by atoms with Crippen molar-refractivity contribution in [3.05, 3.63) is 58.9 Å². The summed E-state index contributed by atoms with van der Waals surface area (Å²) in [5.41, 5.74) is 4.16. The Bertz CT molecular complexity index is 946. The predicted octanol–water partition coefficient (Wildman–Crippen LogP) is 3.48. The lowest BCUT2D eigenvalue weighted by atomic mass is 10.1. The van der Waals surface area contributed by atoms with Crippen molar-refractivity contribution in [3.8, 4) is 0 Å². The van der Waals surface area contributed by atoms with Crippen molar-refractivity contribution in [1.29, 1.82) is 0 Å². The molecule has 32 heavy (non-hydrogen) atoms. The highest BCUT2D eigenvalue weighted by molar-refractivity contribution is 5.95. The monoisotopic (exact) mass is 436 g/mol. The number of hydrogen-bond acceptors (Lipinski definition) is 3. The van der Waals surface area contributed by atoms with Crippen LogP contribution in [0.25, 0.3) is 0 Å². The average molecular weight is 437 g/mol. The maximum absolute atomic E-state index is 13.5. The molecule has 1 atom stereocenters. The highest BCUT2D eigenvalue weighted by Crippen LogP contribution is 2.26. The summed E-state index contributed by atoms with van der Waals surface area (Å²) in [5, 5.41) is 0. The summed E-state index contributed by atoms with van der Waals surface area (Å²) in [7, 11) is 0. The molecule has 2 fully saturated rings. The third-order valence-electron chi connectivity index (χ3n) is 7.08. The second kappa shape index (κ2) is 9.90. The molecule has 1 aromatic carbocycles. The molecule has 2 amide bonds. The molecule has 0 radical (unpaired) electrons. The SMILES string of the molecule is Cc1cc(C(=O)N2CCCN(CC(=O)N3CCCC3)CC2)c(C)n1C(C)c1ccccc1. The molecule has 1 unspecified atom stereocenters. The van der Waals surface area contributed by atoms with Crippen LogP contribution in [0.5, 0.6) is 0 Å². The van der Waals surface area contributed by atoms with E-state index < -0.39 is 0 Å². The highest BCUT2D eigenvalue weighted by atomic mass is 16.2. The number of benzene rings is 1. The molecule has 6 nitrogen and oxygen atoms in total. The molecule has 6 heteroatoms. The minimum atomic E-state index is 0.109. The van der Waals surface area contributed by atoms with Crippen LogP contribution >= 0.6 is 0 Å². The highest BCUT2D eigenvalue weighted by Gasteiger charge is 2.27. The molecular weight excluding hydrogens is 400 g/mol. The topological polar surface area (TPSA) is 48.8 Å². The van der Waals surface area contributed by atoms with Crippen LogP contribution in [-0.4, -0.2) is 76.9 Å². The number of hydrogen-bond donors (Lipinski definition) is 0. The first-order valence-electron chi connectivity index (χ1n) is 12.0. The molecule has 0 saturated carbocycles. The zero-order chi connectivity index (χ0) is 22.7. The zero-order valence-corrected chi connectivity index (χ0v) is 19.7. The molecule has 1 aromatic heterocycles. The number of rotatable bonds is 5. The molecule has 0 spiro atoms. The van der Waals surface area contributed by atoms with E-state index in [1.54, 1.807) is 0 Å². The van der Waals surface area contributed by atoms with Gasteiger partial charge in [0.05, 0.1) is 18.2 Å². The first-order valence-corrected chi connectivity index (χ1v) is 12.0. The minimum Gasteiger partial charge on any atom is -0.342 e. The lowest BCUT2D eigenvalue weighted by Crippen LogP contribution is -2.41. The maximum Gasteiger partial charge on any atom is 0.255 e. The van der Waals surface area contributed by atoms with Crippen molar-refractivity contribution in [2.45, 2.75) is 46.1 Å². The van der Waals surface area contributed by atoms with E-state index in [0.29, 0.717) is 13.1 Å². The van der Waals surface area contributed by atoms with Gasteiger partial charge >= 0.3 is 0 Å². The molecule has 172 valence electrons. The van der Waals surface area contributed by atoms with Gasteiger partial charge in [0.15, 0.2) is 0 Å². The van der Waals surface area contributed by atoms with E-state index in [9.17, 15) is 9.59 Å². The Morgan fingerprint density at radius 3 is 2.28 bits per heavy atom. The van der Waals surface area contributed by atoms with Gasteiger partial charge in [-0.1, -0.05) is 30.3 Å². The standard InChI is InChI=1S/C26H36N4O2/c1-20-18-24(22(3)30(20)21(2)23-10-5-4-6-11-23)26(32)29-15-9-12-27(16-17-29)19-25(31)28-13-7-8-14-28/h4-6,10-11,18,21H,7-9,12-17,19H2,1-3H3. The normalized spacial score (nSPS) is 18.6. The Balaban J connectivity index is 1.42. The largest absolute Gasteiger partial charge is 0.342 e. The smallest absolute Gasteiger partial charge is 0.255 e. The van der Waals surface area contributed by atoms with Gasteiger partial charge in [0, 0.05) is 50.7 Å². The van der Waals surface area contributed by atoms with Gasteiger partial charge < -0.3 is 14.4 Å². The van der Waals surface area contributed by atoms with Crippen molar-refractivity contribution in [1.82, 2.24) is 19.3 Å². The van der Waals surface area contributed by atoms with Crippen molar-refractivity contribution in [2.75, 3.05) is 45.8 Å². The first kappa shape index (κ1) is 22.6. The number of likely N-dealkylation sites (tertiary alicyclic amines) is 1. The molecule has 3 heterocycles. The summed E-state index contributed by atoms with van der Waals surface area (Å²) in [4.78, 5) is 32.2. The van der Waals surface area contributed by atoms with Crippen LogP contribution in [0.1, 0.15) is 59.5 Å². The van der Waals surface area contributed by atoms with Crippen LogP contribution in [0.4, 0.5) is 0 Å². The van der Waals surface area contributed by atoms with E-state index in [1.807, 2.05) is 21.9 Å². The van der Waals surface area contributed by atoms with Gasteiger partial charge in [-0.05, 0) is 51.7 Å². The van der Waals surface area contributed by atoms with Gasteiger partial charge in [0.1, 0.15) is 0 Å². The fourth-order valence-corrected chi connectivity index (χ4v) is 5.23. The summed E-state index contributed by atoms with van der Waals surface area (Å²) in [6.45, 7) is 11.6. The van der Waals surface area contributed by atoms with Crippen LogP contribution in [-0.2, 0) is 4.79 Å². The molecule has 2 saturated heterocycles. The van der Waals surface area contributed by atoms with Gasteiger partial charge in [-0.3, -0.25) is 14.5 Å². The van der Waals surface area contributed by atoms with E-state index >= 15 is 0 Å². The summed E-state index contributed by atoms with van der Waals surface area (Å²) >= 11 is 0. The second-order valence-electron chi connectivity index (χ2n) is 9.25. The van der Waals surface area contributed by atoms with Crippen molar-refractivity contribution in [3.63, 3.8) is 0 Å². The van der Waals surface area contributed by atoms with Gasteiger partial charge in [0.25, 0.3) is 5.91 Å². The Kier molecular flexibility index (Phi) is 6.99.